The summed E-state index contributed by atoms with van der Waals surface area (Å²) in [6, 6.07) is 7.99. The number of sulfonamides is 1. The normalized spacial score (nSPS) is 11.5. The molecule has 0 aliphatic carbocycles. The third kappa shape index (κ3) is 3.13. The summed E-state index contributed by atoms with van der Waals surface area (Å²) in [5.74, 6) is 0.709. The van der Waals surface area contributed by atoms with Crippen molar-refractivity contribution in [2.75, 3.05) is 4.72 Å². The van der Waals surface area contributed by atoms with Crippen LogP contribution in [0.4, 0.5) is 5.69 Å². The highest BCUT2D eigenvalue weighted by molar-refractivity contribution is 7.94. The Morgan fingerprint density at radius 1 is 1.27 bits per heavy atom. The molecule has 0 amide bonds. The van der Waals surface area contributed by atoms with Crippen LogP contribution in [0.15, 0.2) is 44.3 Å². The molecule has 3 aromatic rings. The fraction of sp³-hybridized carbons (Fsp3) is 0.0769. The molecule has 0 unspecified atom stereocenters. The minimum Gasteiger partial charge on any atom is -0.421 e. The third-order valence-electron chi connectivity index (χ3n) is 2.69. The topological polar surface area (TPSA) is 85.1 Å². The first-order valence-electron chi connectivity index (χ1n) is 6.11. The summed E-state index contributed by atoms with van der Waals surface area (Å²) in [6.07, 6.45) is 0. The number of rotatable bonds is 4. The standard InChI is InChI=1S/C13H10ClN3O3S2/c1-8-15-16-13(20-8)9-5-12(21-7-9)22(18,19)17-11-4-2-3-10(14)6-11/h2-7,17H,1H3. The molecule has 0 fully saturated rings. The Morgan fingerprint density at radius 2 is 2.09 bits per heavy atom. The van der Waals surface area contributed by atoms with Crippen LogP contribution in [0, 0.1) is 6.92 Å². The molecule has 9 heteroatoms. The predicted octanol–water partition coefficient (Wildman–Crippen LogP) is 3.56. The number of nitrogens with one attached hydrogen (secondary N) is 1. The van der Waals surface area contributed by atoms with Crippen molar-refractivity contribution < 1.29 is 12.8 Å². The monoisotopic (exact) mass is 355 g/mol. The number of benzene rings is 1. The Labute approximate surface area is 135 Å². The average Bonchev–Trinajstić information content (AvgIpc) is 3.06. The maximum atomic E-state index is 12.4. The van der Waals surface area contributed by atoms with Gasteiger partial charge in [-0.3, -0.25) is 4.72 Å². The van der Waals surface area contributed by atoms with Gasteiger partial charge in [0.1, 0.15) is 4.21 Å². The maximum Gasteiger partial charge on any atom is 0.271 e. The lowest BCUT2D eigenvalue weighted by Crippen LogP contribution is -2.11. The smallest absolute Gasteiger partial charge is 0.271 e. The second-order valence-electron chi connectivity index (χ2n) is 4.40. The Balaban J connectivity index is 1.88. The zero-order chi connectivity index (χ0) is 15.7. The zero-order valence-electron chi connectivity index (χ0n) is 11.3. The summed E-state index contributed by atoms with van der Waals surface area (Å²) in [7, 11) is -3.69. The van der Waals surface area contributed by atoms with Crippen molar-refractivity contribution in [3.8, 4) is 11.5 Å². The summed E-state index contributed by atoms with van der Waals surface area (Å²) in [4.78, 5) is 0. The minimum absolute atomic E-state index is 0.151. The van der Waals surface area contributed by atoms with E-state index in [1.807, 2.05) is 0 Å². The molecule has 1 aromatic carbocycles. The van der Waals surface area contributed by atoms with Gasteiger partial charge in [-0.05, 0) is 24.3 Å². The van der Waals surface area contributed by atoms with Crippen LogP contribution >= 0.6 is 22.9 Å². The van der Waals surface area contributed by atoms with E-state index in [2.05, 4.69) is 14.9 Å². The van der Waals surface area contributed by atoms with Gasteiger partial charge in [0.2, 0.25) is 11.8 Å². The van der Waals surface area contributed by atoms with Gasteiger partial charge in [0.05, 0.1) is 11.3 Å². The fourth-order valence-corrected chi connectivity index (χ4v) is 4.13. The molecule has 1 N–H and O–H groups in total. The highest BCUT2D eigenvalue weighted by Crippen LogP contribution is 2.29. The maximum absolute atomic E-state index is 12.4. The first kappa shape index (κ1) is 15.0. The Hall–Kier alpha value is -1.90. The molecule has 114 valence electrons. The summed E-state index contributed by atoms with van der Waals surface area (Å²) in [6.45, 7) is 1.67. The van der Waals surface area contributed by atoms with Gasteiger partial charge in [-0.2, -0.15) is 0 Å². The second kappa shape index (κ2) is 5.71. The molecule has 2 aromatic heterocycles. The van der Waals surface area contributed by atoms with Crippen molar-refractivity contribution in [2.45, 2.75) is 11.1 Å². The van der Waals surface area contributed by atoms with E-state index in [0.29, 0.717) is 22.2 Å². The van der Waals surface area contributed by atoms with E-state index in [1.54, 1.807) is 30.5 Å². The van der Waals surface area contributed by atoms with E-state index >= 15 is 0 Å². The summed E-state index contributed by atoms with van der Waals surface area (Å²) >= 11 is 6.92. The molecule has 6 nitrogen and oxygen atoms in total. The van der Waals surface area contributed by atoms with E-state index in [-0.39, 0.29) is 10.1 Å². The summed E-state index contributed by atoms with van der Waals surface area (Å²) in [5, 5.41) is 9.69. The number of thiophene rings is 1. The number of aryl methyl sites for hydroxylation is 1. The van der Waals surface area contributed by atoms with E-state index in [4.69, 9.17) is 16.0 Å². The lowest BCUT2D eigenvalue weighted by Gasteiger charge is -2.06. The van der Waals surface area contributed by atoms with E-state index < -0.39 is 10.0 Å². The van der Waals surface area contributed by atoms with Gasteiger partial charge < -0.3 is 4.42 Å². The molecular weight excluding hydrogens is 346 g/mol. The number of anilines is 1. The molecule has 0 aliphatic heterocycles. The van der Waals surface area contributed by atoms with Crippen molar-refractivity contribution in [3.63, 3.8) is 0 Å². The van der Waals surface area contributed by atoms with Gasteiger partial charge in [-0.15, -0.1) is 21.5 Å². The first-order valence-corrected chi connectivity index (χ1v) is 8.85. The van der Waals surface area contributed by atoms with Crippen molar-refractivity contribution in [2.24, 2.45) is 0 Å². The van der Waals surface area contributed by atoms with Crippen molar-refractivity contribution in [1.29, 1.82) is 0 Å². The summed E-state index contributed by atoms with van der Waals surface area (Å²) in [5.41, 5.74) is 0.966. The first-order chi connectivity index (χ1) is 10.4. The number of halogens is 1. The molecule has 0 atom stereocenters. The number of nitrogens with zero attached hydrogens (tertiary/aromatic N) is 2. The fourth-order valence-electron chi connectivity index (χ4n) is 1.74. The number of aromatic nitrogens is 2. The molecule has 0 spiro atoms. The predicted molar refractivity (Wildman–Crippen MR) is 84.6 cm³/mol. The van der Waals surface area contributed by atoms with Gasteiger partial charge in [0.15, 0.2) is 0 Å². The lowest BCUT2D eigenvalue weighted by molar-refractivity contribution is 0.533. The molecule has 0 saturated heterocycles. The van der Waals surface area contributed by atoms with E-state index in [1.165, 1.54) is 12.1 Å². The SMILES string of the molecule is Cc1nnc(-c2csc(S(=O)(=O)Nc3cccc(Cl)c3)c2)o1. The molecule has 22 heavy (non-hydrogen) atoms. The second-order valence-corrected chi connectivity index (χ2v) is 7.65. The van der Waals surface area contributed by atoms with Gasteiger partial charge in [-0.1, -0.05) is 17.7 Å². The van der Waals surface area contributed by atoms with Crippen molar-refractivity contribution >= 4 is 38.6 Å². The van der Waals surface area contributed by atoms with Crippen LogP contribution in [-0.4, -0.2) is 18.6 Å². The Bertz CT molecular complexity index is 918. The Kier molecular flexibility index (Phi) is 3.90. The molecule has 2 heterocycles. The lowest BCUT2D eigenvalue weighted by atomic mass is 10.3. The van der Waals surface area contributed by atoms with E-state index in [9.17, 15) is 8.42 Å². The molecule has 0 bridgehead atoms. The van der Waals surface area contributed by atoms with Gasteiger partial charge in [0.25, 0.3) is 10.0 Å². The molecule has 3 rings (SSSR count). The van der Waals surface area contributed by atoms with Crippen LogP contribution in [0.3, 0.4) is 0 Å². The van der Waals surface area contributed by atoms with Crippen LogP contribution in [0.5, 0.6) is 0 Å². The highest BCUT2D eigenvalue weighted by atomic mass is 35.5. The molecule has 0 radical (unpaired) electrons. The molecule has 0 aliphatic rings. The summed E-state index contributed by atoms with van der Waals surface area (Å²) < 4.78 is 32.6. The van der Waals surface area contributed by atoms with Crippen LogP contribution in [0.1, 0.15) is 5.89 Å². The van der Waals surface area contributed by atoms with Gasteiger partial charge in [0, 0.05) is 17.3 Å². The highest BCUT2D eigenvalue weighted by Gasteiger charge is 2.19. The number of hydrogen-bond donors (Lipinski definition) is 1. The van der Waals surface area contributed by atoms with Crippen molar-refractivity contribution in [3.05, 3.63) is 46.6 Å². The van der Waals surface area contributed by atoms with Crippen LogP contribution in [0.25, 0.3) is 11.5 Å². The largest absolute Gasteiger partial charge is 0.421 e. The average molecular weight is 356 g/mol. The third-order valence-corrected chi connectivity index (χ3v) is 5.75. The molecular formula is C13H10ClN3O3S2. The van der Waals surface area contributed by atoms with Gasteiger partial charge >= 0.3 is 0 Å². The molecule has 0 saturated carbocycles. The van der Waals surface area contributed by atoms with Crippen LogP contribution < -0.4 is 4.72 Å². The quantitative estimate of drug-likeness (QED) is 0.773. The minimum atomic E-state index is -3.69. The van der Waals surface area contributed by atoms with E-state index in [0.717, 1.165) is 11.3 Å². The van der Waals surface area contributed by atoms with Crippen LogP contribution in [-0.2, 0) is 10.0 Å². The van der Waals surface area contributed by atoms with Crippen LogP contribution in [0.2, 0.25) is 5.02 Å². The van der Waals surface area contributed by atoms with Gasteiger partial charge in [-0.25, -0.2) is 8.42 Å². The number of hydrogen-bond acceptors (Lipinski definition) is 6. The van der Waals surface area contributed by atoms with Crippen molar-refractivity contribution in [1.82, 2.24) is 10.2 Å². The Morgan fingerprint density at radius 3 is 2.77 bits per heavy atom. The zero-order valence-corrected chi connectivity index (χ0v) is 13.7.